The van der Waals surface area contributed by atoms with Crippen LogP contribution >= 0.6 is 0 Å². The molecule has 0 unspecified atom stereocenters. The van der Waals surface area contributed by atoms with Crippen LogP contribution in [-0.4, -0.2) is 3.21 Å². The van der Waals surface area contributed by atoms with Gasteiger partial charge in [-0.15, -0.1) is 12.5 Å². The first-order valence-corrected chi connectivity index (χ1v) is 19.6. The van der Waals surface area contributed by atoms with Crippen molar-refractivity contribution < 1.29 is 57.8 Å². The maximum absolute atomic E-state index is 12.8. The van der Waals surface area contributed by atoms with Gasteiger partial charge < -0.3 is 24.8 Å². The van der Waals surface area contributed by atoms with Crippen molar-refractivity contribution in [3.8, 4) is 11.1 Å². The minimum Gasteiger partial charge on any atom is -1.00 e. The van der Waals surface area contributed by atoms with E-state index in [-0.39, 0.29) is 47.3 Å². The van der Waals surface area contributed by atoms with Gasteiger partial charge in [0.15, 0.2) is 0 Å². The van der Waals surface area contributed by atoms with Crippen molar-refractivity contribution in [3.05, 3.63) is 177 Å². The number of hydrogen-bond donors (Lipinski definition) is 0. The average Bonchev–Trinajstić information content (AvgIpc) is 3.77. The van der Waals surface area contributed by atoms with Crippen molar-refractivity contribution in [2.45, 2.75) is 91.4 Å². The Balaban J connectivity index is 0.000000205. The number of allylic oxidation sites excluding steroid dienone is 4. The topological polar surface area (TPSA) is 0 Å². The van der Waals surface area contributed by atoms with E-state index in [9.17, 15) is 8.78 Å². The maximum atomic E-state index is 12.8. The van der Waals surface area contributed by atoms with E-state index in [0.717, 1.165) is 27.2 Å². The van der Waals surface area contributed by atoms with Crippen LogP contribution in [0.15, 0.2) is 109 Å². The van der Waals surface area contributed by atoms with Crippen LogP contribution in [0.1, 0.15) is 119 Å². The summed E-state index contributed by atoms with van der Waals surface area (Å²) in [6, 6.07) is 31.1. The molecule has 0 aromatic heterocycles. The number of halogens is 4. The zero-order chi connectivity index (χ0) is 37.6. The zero-order valence-corrected chi connectivity index (χ0v) is 36.9. The number of rotatable bonds is 2. The quantitative estimate of drug-likeness (QED) is 0.165. The predicted molar refractivity (Wildman–Crippen MR) is 214 cm³/mol. The standard InChI is InChI=1S/C27H29.C13H8F2.C9H13.2ClH.Zr/c1-16-7-9-26(3,4)24-12-18-11-19-13-25-21(17(2)8-10-27(25,5)6)15-23(19)22(18)14-20(16)24;14-12-5-1-10(2-6-12)9-11-3-7-13(15)8-4-11;1-9(2,3)8-6-4-5-7-8;;;/h7-9,12-15H,10-11H2,1-6H3;1-8H;4-7H,1-3H3;2*1H;/q-1;;-1;;;+2/p-2. The summed E-state index contributed by atoms with van der Waals surface area (Å²) in [6.45, 7) is 20.6. The molecule has 0 atom stereocenters. The van der Waals surface area contributed by atoms with Crippen molar-refractivity contribution in [3.63, 3.8) is 0 Å². The van der Waals surface area contributed by atoms with Gasteiger partial charge in [-0.25, -0.2) is 18.6 Å². The Morgan fingerprint density at radius 1 is 0.685 bits per heavy atom. The third kappa shape index (κ3) is 9.24. The molecule has 0 fully saturated rings. The Kier molecular flexibility index (Phi) is 13.6. The van der Waals surface area contributed by atoms with E-state index in [1.165, 1.54) is 110 Å². The number of benzene rings is 4. The number of fused-ring (bicyclic) bond motifs is 5. The van der Waals surface area contributed by atoms with Gasteiger partial charge in [0.05, 0.1) is 0 Å². The van der Waals surface area contributed by atoms with Crippen LogP contribution in [-0.2, 0) is 46.9 Å². The third-order valence-corrected chi connectivity index (χ3v) is 12.3. The molecule has 3 aliphatic rings. The Labute approximate surface area is 349 Å². The zero-order valence-electron chi connectivity index (χ0n) is 32.9. The second-order valence-corrected chi connectivity index (χ2v) is 18.0. The molecule has 5 aromatic carbocycles. The van der Waals surface area contributed by atoms with E-state index < -0.39 is 0 Å². The molecule has 3 aliphatic carbocycles. The van der Waals surface area contributed by atoms with Crippen LogP contribution < -0.4 is 24.8 Å². The van der Waals surface area contributed by atoms with Gasteiger partial charge in [-0.3, -0.25) is 0 Å². The van der Waals surface area contributed by atoms with Crippen molar-refractivity contribution in [1.82, 2.24) is 0 Å². The molecule has 5 aromatic rings. The molecule has 0 radical (unpaired) electrons. The fourth-order valence-electron chi connectivity index (χ4n) is 7.45. The Bertz CT molecular complexity index is 2040. The Morgan fingerprint density at radius 3 is 1.65 bits per heavy atom. The minimum absolute atomic E-state index is 0. The van der Waals surface area contributed by atoms with Gasteiger partial charge in [0.1, 0.15) is 0 Å². The van der Waals surface area contributed by atoms with Gasteiger partial charge in [0.2, 0.25) is 0 Å². The first-order valence-electron chi connectivity index (χ1n) is 18.3. The van der Waals surface area contributed by atoms with Crippen LogP contribution in [0.3, 0.4) is 0 Å². The van der Waals surface area contributed by atoms with Crippen molar-refractivity contribution in [1.29, 1.82) is 0 Å². The van der Waals surface area contributed by atoms with Gasteiger partial charge in [-0.05, 0) is 70.2 Å². The monoisotopic (exact) mass is 836 g/mol. The second-order valence-electron chi connectivity index (χ2n) is 16.8. The summed E-state index contributed by atoms with van der Waals surface area (Å²) in [5.74, 6) is -0.488. The molecule has 8 rings (SSSR count). The molecule has 5 heteroatoms. The van der Waals surface area contributed by atoms with E-state index in [2.05, 4.69) is 129 Å². The summed E-state index contributed by atoms with van der Waals surface area (Å²) in [6.07, 6.45) is 9.28. The molecular weight excluding hydrogens is 789 g/mol. The molecule has 0 N–H and O–H groups in total. The predicted octanol–water partition coefficient (Wildman–Crippen LogP) is 7.03. The van der Waals surface area contributed by atoms with Gasteiger partial charge in [0, 0.05) is 0 Å². The van der Waals surface area contributed by atoms with Crippen molar-refractivity contribution >= 4 is 14.4 Å². The largest absolute Gasteiger partial charge is 1.00 e. The fraction of sp³-hybridized carbons (Fsp3) is 0.286. The average molecular weight is 839 g/mol. The third-order valence-electron chi connectivity index (χ3n) is 10.9. The van der Waals surface area contributed by atoms with Gasteiger partial charge >= 0.3 is 108 Å². The van der Waals surface area contributed by atoms with Crippen LogP contribution in [0.2, 0.25) is 0 Å². The van der Waals surface area contributed by atoms with E-state index in [4.69, 9.17) is 0 Å². The minimum atomic E-state index is -0.244. The van der Waals surface area contributed by atoms with E-state index in [1.54, 1.807) is 24.3 Å². The van der Waals surface area contributed by atoms with E-state index in [0.29, 0.717) is 5.41 Å². The summed E-state index contributed by atoms with van der Waals surface area (Å²) >= 11 is 1.22. The summed E-state index contributed by atoms with van der Waals surface area (Å²) in [5, 5.41) is 0. The molecule has 0 spiro atoms. The second kappa shape index (κ2) is 16.9. The maximum Gasteiger partial charge on any atom is -1.00 e. The van der Waals surface area contributed by atoms with Crippen molar-refractivity contribution in [2.75, 3.05) is 0 Å². The first-order chi connectivity index (χ1) is 24.4. The van der Waals surface area contributed by atoms with E-state index in [1.807, 2.05) is 0 Å². The molecule has 0 heterocycles. The molecule has 54 heavy (non-hydrogen) atoms. The number of hydrogen-bond acceptors (Lipinski definition) is 0. The van der Waals surface area contributed by atoms with Gasteiger partial charge in [-0.1, -0.05) is 89.1 Å². The fourth-order valence-corrected chi connectivity index (χ4v) is 8.27. The van der Waals surface area contributed by atoms with Crippen LogP contribution in [0.4, 0.5) is 8.78 Å². The molecule has 0 saturated heterocycles. The summed E-state index contributed by atoms with van der Waals surface area (Å²) in [4.78, 5) is 0. The molecule has 0 amide bonds. The van der Waals surface area contributed by atoms with Gasteiger partial charge in [-0.2, -0.15) is 29.3 Å². The normalized spacial score (nSPS) is 15.3. The summed E-state index contributed by atoms with van der Waals surface area (Å²) in [5.41, 5.74) is 18.7. The Morgan fingerprint density at radius 2 is 1.19 bits per heavy atom. The summed E-state index contributed by atoms with van der Waals surface area (Å²) in [7, 11) is 0. The smallest absolute Gasteiger partial charge is 1.00 e. The molecular formula is C49H50Cl2F2Zr-2. The molecule has 0 bridgehead atoms. The molecule has 0 nitrogen and oxygen atoms in total. The Hall–Kier alpha value is -3.23. The SMILES string of the molecule is CC(C)(C)c1cc[cH-]c1.CC1=C[CH-]C(C)(C)c2cc3c(cc21)-c1cc2c(cc1C3)C(C)(C)CC=C2C.Fc1ccc([C](=[Zr+2])c2ccc(F)cc2)cc1.[Cl-].[Cl-]. The molecule has 0 aliphatic heterocycles. The van der Waals surface area contributed by atoms with Crippen LogP contribution in [0.25, 0.3) is 22.3 Å². The molecule has 0 saturated carbocycles. The van der Waals surface area contributed by atoms with Gasteiger partial charge in [0.25, 0.3) is 0 Å². The van der Waals surface area contributed by atoms with Crippen LogP contribution in [0.5, 0.6) is 0 Å². The molecule has 280 valence electrons. The van der Waals surface area contributed by atoms with E-state index >= 15 is 0 Å². The first kappa shape index (κ1) is 43.5. The summed E-state index contributed by atoms with van der Waals surface area (Å²) < 4.78 is 26.6. The van der Waals surface area contributed by atoms with Crippen molar-refractivity contribution in [2.24, 2.45) is 0 Å². The van der Waals surface area contributed by atoms with Crippen LogP contribution in [0, 0.1) is 18.1 Å².